The van der Waals surface area contributed by atoms with Crippen molar-refractivity contribution in [3.05, 3.63) is 107 Å². The molecule has 0 spiro atoms. The zero-order chi connectivity index (χ0) is 64.3. The normalized spacial score (nSPS) is 12.2. The summed E-state index contributed by atoms with van der Waals surface area (Å²) in [5.74, 6) is 1.65. The second-order valence-electron chi connectivity index (χ2n) is 21.3. The van der Waals surface area contributed by atoms with E-state index >= 15 is 0 Å². The summed E-state index contributed by atoms with van der Waals surface area (Å²) in [5, 5.41) is 42.5. The molecule has 0 bridgehead atoms. The number of aliphatic hydroxyl groups is 1. The average Bonchev–Trinajstić information content (AvgIpc) is 3.01. The minimum atomic E-state index is -0.564. The topological polar surface area (TPSA) is 289 Å². The van der Waals surface area contributed by atoms with E-state index in [9.17, 15) is 0 Å². The van der Waals surface area contributed by atoms with Crippen LogP contribution in [0.4, 0.5) is 0 Å². The molecule has 2 aromatic carbocycles. The summed E-state index contributed by atoms with van der Waals surface area (Å²) >= 11 is 0. The maximum atomic E-state index is 9.10. The molecule has 4 aromatic heterocycles. The molecule has 0 aliphatic heterocycles. The van der Waals surface area contributed by atoms with E-state index in [2.05, 4.69) is 48.2 Å². The van der Waals surface area contributed by atoms with Gasteiger partial charge in [0.15, 0.2) is 12.6 Å². The van der Waals surface area contributed by atoms with E-state index in [0.29, 0.717) is 151 Å². The Balaban J connectivity index is 0.000000331. The predicted molar refractivity (Wildman–Crippen MR) is 340 cm³/mol. The first-order valence-corrected chi connectivity index (χ1v) is 32.5. The van der Waals surface area contributed by atoms with Gasteiger partial charge in [-0.15, -0.1) is 20.4 Å². The Morgan fingerprint density at radius 2 is 0.714 bits per heavy atom. The van der Waals surface area contributed by atoms with Crippen molar-refractivity contribution in [1.82, 2.24) is 60.0 Å². The summed E-state index contributed by atoms with van der Waals surface area (Å²) < 4.78 is 80.8. The van der Waals surface area contributed by atoms with Gasteiger partial charge < -0.3 is 72.4 Å². The molecular formula is C64H105N13O14. The molecule has 27 nitrogen and oxygen atoms in total. The van der Waals surface area contributed by atoms with Gasteiger partial charge in [0.1, 0.15) is 11.5 Å². The summed E-state index contributed by atoms with van der Waals surface area (Å²) in [6.07, 6.45) is 21.0. The fourth-order valence-corrected chi connectivity index (χ4v) is 8.83. The lowest BCUT2D eigenvalue weighted by Gasteiger charge is -2.19. The smallest absolute Gasteiger partial charge is 0.183 e. The number of aromatic nitrogens is 12. The summed E-state index contributed by atoms with van der Waals surface area (Å²) in [5.41, 5.74) is 10.6. The molecule has 27 heteroatoms. The number of rotatable bonds is 57. The molecule has 0 aliphatic carbocycles. The zero-order valence-electron chi connectivity index (χ0n) is 54.7. The highest BCUT2D eigenvalue weighted by molar-refractivity contribution is 5.29. The third kappa shape index (κ3) is 35.1. The zero-order valence-corrected chi connectivity index (χ0v) is 54.7. The summed E-state index contributed by atoms with van der Waals surface area (Å²) in [6, 6.07) is 15.8. The number of nitrogens with zero attached hydrogens (tertiary/aromatic N) is 12. The molecular weight excluding hydrogens is 1170 g/mol. The lowest BCUT2D eigenvalue weighted by Crippen LogP contribution is -2.13. The van der Waals surface area contributed by atoms with Gasteiger partial charge in [-0.05, 0) is 62.8 Å². The number of nitrogens with two attached hydrogens (primary N) is 1. The van der Waals surface area contributed by atoms with Crippen LogP contribution in [0.3, 0.4) is 0 Å². The number of ether oxygens (including phenoxy) is 13. The maximum Gasteiger partial charge on any atom is 0.183 e. The minimum absolute atomic E-state index is 0.0155. The molecule has 91 heavy (non-hydrogen) atoms. The molecule has 0 saturated heterocycles. The SMILES string of the molecule is CCCOCCn1cc(CCOC(OCCc2cn(CCOCCN)nn2)c2ccc(OCCCCCCOCCOC)cc2)nn1.COCCOCCCCCCCCOc1ccc(C(OCCc2cn(CCO)nn2)OCCc2cn(CCOC)nn2)cc1. The highest BCUT2D eigenvalue weighted by atomic mass is 16.7. The van der Waals surface area contributed by atoms with Gasteiger partial charge in [0.05, 0.1) is 148 Å². The molecule has 6 rings (SSSR count). The van der Waals surface area contributed by atoms with Crippen molar-refractivity contribution in [1.29, 1.82) is 0 Å². The number of hydrogen-bond acceptors (Lipinski definition) is 23. The summed E-state index contributed by atoms with van der Waals surface area (Å²) in [7, 11) is 5.03. The monoisotopic (exact) mass is 1280 g/mol. The minimum Gasteiger partial charge on any atom is -0.494 e. The number of hydrogen-bond donors (Lipinski definition) is 2. The van der Waals surface area contributed by atoms with E-state index in [4.69, 9.17) is 72.4 Å². The fourth-order valence-electron chi connectivity index (χ4n) is 8.83. The van der Waals surface area contributed by atoms with E-state index in [1.54, 1.807) is 40.1 Å². The standard InChI is InChI=1S/C33H55N7O7.C31H50N6O7/c1-3-17-42-23-15-39-27-30(35-37-39)12-20-46-33(47-21-13-31-28-40(38-36-31)16-24-44-22-14-34)29-8-10-32(11-9-29)45-19-7-5-4-6-18-43-26-25-41-2;1-39-22-16-37-26-29(33-35-37)14-21-44-31(43-20-13-28-25-36(15-17-38)34-32-28)27-9-11-30(12-10-27)42-19-8-6-4-3-5-7-18-41-24-23-40-2/h8-11,27-28,33H,3-7,12-26,34H2,1-2H3;9-12,25-26,31,38H,3-8,13-24H2,1-2H3. The van der Waals surface area contributed by atoms with E-state index in [1.165, 1.54) is 19.3 Å². The van der Waals surface area contributed by atoms with E-state index in [1.807, 2.05) is 73.3 Å². The Bertz CT molecular complexity index is 2570. The highest BCUT2D eigenvalue weighted by Gasteiger charge is 2.17. The van der Waals surface area contributed by atoms with Crippen LogP contribution in [-0.4, -0.2) is 212 Å². The third-order valence-electron chi connectivity index (χ3n) is 13.8. The average molecular weight is 1280 g/mol. The number of unbranched alkanes of at least 4 members (excludes halogenated alkanes) is 8. The van der Waals surface area contributed by atoms with Gasteiger partial charge in [0.25, 0.3) is 0 Å². The summed E-state index contributed by atoms with van der Waals surface area (Å²) in [4.78, 5) is 0. The van der Waals surface area contributed by atoms with Gasteiger partial charge in [-0.25, -0.2) is 18.7 Å². The van der Waals surface area contributed by atoms with Gasteiger partial charge in [0.2, 0.25) is 0 Å². The Labute approximate surface area is 538 Å². The van der Waals surface area contributed by atoms with Crippen molar-refractivity contribution in [2.24, 2.45) is 5.73 Å². The van der Waals surface area contributed by atoms with Crippen molar-refractivity contribution < 1.29 is 66.7 Å². The van der Waals surface area contributed by atoms with Gasteiger partial charge in [-0.1, -0.05) is 84.1 Å². The Morgan fingerprint density at radius 3 is 1.08 bits per heavy atom. The maximum absolute atomic E-state index is 9.10. The Morgan fingerprint density at radius 1 is 0.374 bits per heavy atom. The highest BCUT2D eigenvalue weighted by Crippen LogP contribution is 2.25. The molecule has 2 atom stereocenters. The first kappa shape index (κ1) is 75.8. The first-order valence-electron chi connectivity index (χ1n) is 32.5. The van der Waals surface area contributed by atoms with Gasteiger partial charge in [0, 0.05) is 109 Å². The predicted octanol–water partition coefficient (Wildman–Crippen LogP) is 6.80. The number of methoxy groups -OCH3 is 3. The van der Waals surface area contributed by atoms with Crippen molar-refractivity contribution in [2.45, 2.75) is 142 Å². The lowest BCUT2D eigenvalue weighted by molar-refractivity contribution is -0.146. The molecule has 0 aliphatic rings. The van der Waals surface area contributed by atoms with E-state index < -0.39 is 12.6 Å². The fraction of sp³-hybridized carbons (Fsp3) is 0.688. The van der Waals surface area contributed by atoms with Crippen molar-refractivity contribution in [3.8, 4) is 11.5 Å². The van der Waals surface area contributed by atoms with Crippen LogP contribution >= 0.6 is 0 Å². The van der Waals surface area contributed by atoms with Gasteiger partial charge in [-0.2, -0.15) is 0 Å². The first-order chi connectivity index (χ1) is 44.9. The molecule has 0 radical (unpaired) electrons. The van der Waals surface area contributed by atoms with Crippen LogP contribution in [0.1, 0.15) is 124 Å². The molecule has 6 aromatic rings. The molecule has 0 fully saturated rings. The number of benzene rings is 2. The van der Waals surface area contributed by atoms with Crippen LogP contribution in [-0.2, 0) is 104 Å². The summed E-state index contributed by atoms with van der Waals surface area (Å²) in [6.45, 7) is 15.2. The number of aliphatic hydroxyl groups excluding tert-OH is 1. The largest absolute Gasteiger partial charge is 0.494 e. The van der Waals surface area contributed by atoms with Crippen molar-refractivity contribution in [2.75, 3.05) is 147 Å². The van der Waals surface area contributed by atoms with Gasteiger partial charge >= 0.3 is 0 Å². The van der Waals surface area contributed by atoms with Crippen molar-refractivity contribution in [3.63, 3.8) is 0 Å². The van der Waals surface area contributed by atoms with Crippen molar-refractivity contribution >= 4 is 0 Å². The third-order valence-corrected chi connectivity index (χ3v) is 13.8. The van der Waals surface area contributed by atoms with Crippen LogP contribution in [0.15, 0.2) is 73.3 Å². The van der Waals surface area contributed by atoms with Crippen LogP contribution in [0, 0.1) is 0 Å². The quantitative estimate of drug-likeness (QED) is 0.0293. The Kier molecular flexibility index (Phi) is 42.2. The molecule has 510 valence electrons. The second kappa shape index (κ2) is 50.6. The van der Waals surface area contributed by atoms with Gasteiger partial charge in [-0.3, -0.25) is 0 Å². The van der Waals surface area contributed by atoms with Crippen LogP contribution in [0.5, 0.6) is 11.5 Å². The lowest BCUT2D eigenvalue weighted by atomic mass is 10.1. The van der Waals surface area contributed by atoms with Crippen LogP contribution in [0.2, 0.25) is 0 Å². The molecule has 2 unspecified atom stereocenters. The molecule has 0 saturated carbocycles. The molecule has 3 N–H and O–H groups in total. The second-order valence-corrected chi connectivity index (χ2v) is 21.3. The van der Waals surface area contributed by atoms with E-state index in [-0.39, 0.29) is 6.61 Å². The van der Waals surface area contributed by atoms with Crippen LogP contribution < -0.4 is 15.2 Å². The molecule has 4 heterocycles. The molecule has 0 amide bonds. The van der Waals surface area contributed by atoms with Crippen LogP contribution in [0.25, 0.3) is 0 Å². The van der Waals surface area contributed by atoms with E-state index in [0.717, 1.165) is 117 Å². The Hall–Kier alpha value is -5.92.